The minimum Gasteiger partial charge on any atom is -0.495 e. The predicted octanol–water partition coefficient (Wildman–Crippen LogP) is 2.23. The van der Waals surface area contributed by atoms with Crippen LogP contribution in [0, 0.1) is 0 Å². The first kappa shape index (κ1) is 16.5. The maximum atomic E-state index is 12.0. The number of anilines is 1. The molecule has 2 aromatic carbocycles. The molecule has 3 aromatic rings. The van der Waals surface area contributed by atoms with Crippen molar-refractivity contribution in [3.05, 3.63) is 54.9 Å². The highest BCUT2D eigenvalue weighted by atomic mass is 16.5. The molecule has 25 heavy (non-hydrogen) atoms. The number of nitrogens with zero attached hydrogens (tertiary/aromatic N) is 2. The normalized spacial score (nSPS) is 10.4. The van der Waals surface area contributed by atoms with Crippen molar-refractivity contribution in [2.24, 2.45) is 0 Å². The van der Waals surface area contributed by atoms with E-state index in [1.54, 1.807) is 35.2 Å². The Bertz CT molecular complexity index is 904. The molecule has 0 saturated carbocycles. The Morgan fingerprint density at radius 2 is 1.88 bits per heavy atom. The summed E-state index contributed by atoms with van der Waals surface area (Å²) in [6, 6.07) is 14.5. The molecule has 7 nitrogen and oxygen atoms in total. The number of hydrogen-bond donors (Lipinski definition) is 1. The van der Waals surface area contributed by atoms with Gasteiger partial charge in [-0.1, -0.05) is 24.3 Å². The second-order valence-corrected chi connectivity index (χ2v) is 5.27. The summed E-state index contributed by atoms with van der Waals surface area (Å²) in [5.74, 6) is -0.418. The lowest BCUT2D eigenvalue weighted by Crippen LogP contribution is -2.23. The second-order valence-electron chi connectivity index (χ2n) is 5.27. The van der Waals surface area contributed by atoms with Gasteiger partial charge in [0.25, 0.3) is 5.91 Å². The molecule has 0 aliphatic rings. The van der Waals surface area contributed by atoms with Crippen LogP contribution < -0.4 is 10.1 Å². The Labute approximate surface area is 144 Å². The molecule has 1 N–H and O–H groups in total. The summed E-state index contributed by atoms with van der Waals surface area (Å²) in [4.78, 5) is 28.1. The van der Waals surface area contributed by atoms with E-state index in [2.05, 4.69) is 10.3 Å². The zero-order valence-electron chi connectivity index (χ0n) is 13.6. The minimum atomic E-state index is -0.515. The van der Waals surface area contributed by atoms with Crippen LogP contribution in [0.25, 0.3) is 11.0 Å². The Balaban J connectivity index is 1.54. The standard InChI is InChI=1S/C18H17N3O4/c1-24-16-9-5-3-7-14(16)20-17(22)11-25-18(23)10-21-12-19-13-6-2-4-8-15(13)21/h2-9,12H,10-11H2,1H3,(H,20,22). The predicted molar refractivity (Wildman–Crippen MR) is 92.3 cm³/mol. The molecule has 0 spiro atoms. The number of carbonyl (C=O) groups is 2. The van der Waals surface area contributed by atoms with Gasteiger partial charge < -0.3 is 19.4 Å². The maximum absolute atomic E-state index is 12.0. The molecule has 0 aliphatic heterocycles. The summed E-state index contributed by atoms with van der Waals surface area (Å²) in [5.41, 5.74) is 2.15. The zero-order valence-corrected chi connectivity index (χ0v) is 13.6. The van der Waals surface area contributed by atoms with Gasteiger partial charge >= 0.3 is 5.97 Å². The largest absolute Gasteiger partial charge is 0.495 e. The Kier molecular flexibility index (Phi) is 4.94. The van der Waals surface area contributed by atoms with Crippen LogP contribution in [0.5, 0.6) is 5.75 Å². The molecule has 0 saturated heterocycles. The highest BCUT2D eigenvalue weighted by Gasteiger charge is 2.12. The molecule has 0 atom stereocenters. The molecule has 7 heteroatoms. The SMILES string of the molecule is COc1ccccc1NC(=O)COC(=O)Cn1cnc2ccccc21. The number of fused-ring (bicyclic) bond motifs is 1. The van der Waals surface area contributed by atoms with Gasteiger partial charge in [-0.05, 0) is 24.3 Å². The number of hydrogen-bond acceptors (Lipinski definition) is 5. The maximum Gasteiger partial charge on any atom is 0.326 e. The van der Waals surface area contributed by atoms with Gasteiger partial charge in [-0.15, -0.1) is 0 Å². The lowest BCUT2D eigenvalue weighted by atomic mass is 10.3. The van der Waals surface area contributed by atoms with Gasteiger partial charge in [0.2, 0.25) is 0 Å². The monoisotopic (exact) mass is 339 g/mol. The summed E-state index contributed by atoms with van der Waals surface area (Å²) in [5, 5.41) is 2.64. The number of aromatic nitrogens is 2. The molecule has 1 heterocycles. The average molecular weight is 339 g/mol. The summed E-state index contributed by atoms with van der Waals surface area (Å²) in [7, 11) is 1.51. The topological polar surface area (TPSA) is 82.5 Å². The minimum absolute atomic E-state index is 0.0115. The fourth-order valence-corrected chi connectivity index (χ4v) is 2.40. The van der Waals surface area contributed by atoms with Crippen LogP contribution in [0.3, 0.4) is 0 Å². The highest BCUT2D eigenvalue weighted by Crippen LogP contribution is 2.22. The molecule has 3 rings (SSSR count). The first-order valence-corrected chi connectivity index (χ1v) is 7.66. The summed E-state index contributed by atoms with van der Waals surface area (Å²) >= 11 is 0. The third-order valence-electron chi connectivity index (χ3n) is 3.57. The lowest BCUT2D eigenvalue weighted by Gasteiger charge is -2.10. The molecular weight excluding hydrogens is 322 g/mol. The number of nitrogens with one attached hydrogen (secondary N) is 1. The fourth-order valence-electron chi connectivity index (χ4n) is 2.40. The number of esters is 1. The van der Waals surface area contributed by atoms with Crippen molar-refractivity contribution in [2.75, 3.05) is 19.0 Å². The van der Waals surface area contributed by atoms with Crippen molar-refractivity contribution in [1.82, 2.24) is 9.55 Å². The quantitative estimate of drug-likeness (QED) is 0.696. The van der Waals surface area contributed by atoms with Crippen molar-refractivity contribution in [3.8, 4) is 5.75 Å². The van der Waals surface area contributed by atoms with Crippen LogP contribution in [0.1, 0.15) is 0 Å². The van der Waals surface area contributed by atoms with E-state index in [1.807, 2.05) is 24.3 Å². The van der Waals surface area contributed by atoms with Gasteiger partial charge in [0, 0.05) is 0 Å². The third-order valence-corrected chi connectivity index (χ3v) is 3.57. The van der Waals surface area contributed by atoms with Crippen molar-refractivity contribution >= 4 is 28.6 Å². The molecule has 0 unspecified atom stereocenters. The molecule has 0 bridgehead atoms. The van der Waals surface area contributed by atoms with Crippen LogP contribution in [-0.4, -0.2) is 35.1 Å². The van der Waals surface area contributed by atoms with E-state index in [4.69, 9.17) is 9.47 Å². The number of para-hydroxylation sites is 4. The van der Waals surface area contributed by atoms with E-state index in [1.165, 1.54) is 7.11 Å². The number of amides is 1. The van der Waals surface area contributed by atoms with Crippen molar-refractivity contribution in [1.29, 1.82) is 0 Å². The third kappa shape index (κ3) is 3.95. The summed E-state index contributed by atoms with van der Waals surface area (Å²) in [6.07, 6.45) is 1.57. The number of ether oxygens (including phenoxy) is 2. The number of imidazole rings is 1. The summed E-state index contributed by atoms with van der Waals surface area (Å²) < 4.78 is 11.9. The van der Waals surface area contributed by atoms with Crippen LogP contribution >= 0.6 is 0 Å². The van der Waals surface area contributed by atoms with Gasteiger partial charge in [-0.25, -0.2) is 4.98 Å². The fraction of sp³-hybridized carbons (Fsp3) is 0.167. The number of carbonyl (C=O) groups excluding carboxylic acids is 2. The van der Waals surface area contributed by atoms with Crippen LogP contribution in [0.4, 0.5) is 5.69 Å². The zero-order chi connectivity index (χ0) is 17.6. The van der Waals surface area contributed by atoms with Crippen LogP contribution in [0.15, 0.2) is 54.9 Å². The number of methoxy groups -OCH3 is 1. The van der Waals surface area contributed by atoms with E-state index in [0.29, 0.717) is 11.4 Å². The van der Waals surface area contributed by atoms with E-state index < -0.39 is 11.9 Å². The molecular formula is C18H17N3O4. The lowest BCUT2D eigenvalue weighted by molar-refractivity contribution is -0.147. The van der Waals surface area contributed by atoms with E-state index in [9.17, 15) is 9.59 Å². The molecule has 0 aliphatic carbocycles. The molecule has 1 amide bonds. The van der Waals surface area contributed by atoms with Crippen LogP contribution in [-0.2, 0) is 20.9 Å². The van der Waals surface area contributed by atoms with Gasteiger partial charge in [-0.2, -0.15) is 0 Å². The van der Waals surface area contributed by atoms with Gasteiger partial charge in [-0.3, -0.25) is 9.59 Å². The molecule has 128 valence electrons. The summed E-state index contributed by atoms with van der Waals surface area (Å²) in [6.45, 7) is -0.383. The van der Waals surface area contributed by atoms with Gasteiger partial charge in [0.05, 0.1) is 30.2 Å². The average Bonchev–Trinajstić information content (AvgIpc) is 3.03. The number of rotatable bonds is 6. The Hall–Kier alpha value is -3.35. The smallest absolute Gasteiger partial charge is 0.326 e. The van der Waals surface area contributed by atoms with E-state index in [-0.39, 0.29) is 13.2 Å². The van der Waals surface area contributed by atoms with Crippen LogP contribution in [0.2, 0.25) is 0 Å². The van der Waals surface area contributed by atoms with E-state index in [0.717, 1.165) is 11.0 Å². The van der Waals surface area contributed by atoms with Crippen molar-refractivity contribution < 1.29 is 19.1 Å². The molecule has 0 fully saturated rings. The molecule has 1 aromatic heterocycles. The van der Waals surface area contributed by atoms with E-state index >= 15 is 0 Å². The second kappa shape index (κ2) is 7.48. The molecule has 0 radical (unpaired) electrons. The number of benzene rings is 2. The van der Waals surface area contributed by atoms with Crippen molar-refractivity contribution in [3.63, 3.8) is 0 Å². The Morgan fingerprint density at radius 1 is 1.12 bits per heavy atom. The van der Waals surface area contributed by atoms with Gasteiger partial charge in [0.15, 0.2) is 6.61 Å². The van der Waals surface area contributed by atoms with Gasteiger partial charge in [0.1, 0.15) is 12.3 Å². The van der Waals surface area contributed by atoms with Crippen molar-refractivity contribution in [2.45, 2.75) is 6.54 Å². The first-order chi connectivity index (χ1) is 12.2. The Morgan fingerprint density at radius 3 is 2.72 bits per heavy atom. The first-order valence-electron chi connectivity index (χ1n) is 7.66. The highest BCUT2D eigenvalue weighted by molar-refractivity contribution is 5.94.